The third-order valence-electron chi connectivity index (χ3n) is 3.38. The van der Waals surface area contributed by atoms with Crippen molar-refractivity contribution >= 4 is 12.2 Å². The van der Waals surface area contributed by atoms with E-state index in [0.29, 0.717) is 6.04 Å². The van der Waals surface area contributed by atoms with Crippen LogP contribution >= 0.6 is 12.2 Å². The lowest BCUT2D eigenvalue weighted by Crippen LogP contribution is -1.98. The molecule has 0 atom stereocenters. The summed E-state index contributed by atoms with van der Waals surface area (Å²) in [6, 6.07) is 6.99. The number of benzene rings is 1. The Kier molecular flexibility index (Phi) is 2.40. The number of rotatable bonds is 2. The first-order valence-electron chi connectivity index (χ1n) is 5.91. The van der Waals surface area contributed by atoms with E-state index in [2.05, 4.69) is 46.8 Å². The van der Waals surface area contributed by atoms with E-state index in [0.717, 1.165) is 16.2 Å². The van der Waals surface area contributed by atoms with Crippen LogP contribution in [-0.2, 0) is 0 Å². The van der Waals surface area contributed by atoms with E-state index < -0.39 is 0 Å². The summed E-state index contributed by atoms with van der Waals surface area (Å²) in [5.41, 5.74) is 3.74. The Labute approximate surface area is 105 Å². The molecule has 1 aromatic heterocycles. The van der Waals surface area contributed by atoms with Crippen LogP contribution in [0.15, 0.2) is 18.2 Å². The summed E-state index contributed by atoms with van der Waals surface area (Å²) in [5, 5.41) is 7.27. The maximum absolute atomic E-state index is 5.29. The van der Waals surface area contributed by atoms with Crippen molar-refractivity contribution in [2.24, 2.45) is 0 Å². The lowest BCUT2D eigenvalue weighted by molar-refractivity contribution is 0.735. The maximum atomic E-state index is 5.29. The minimum absolute atomic E-state index is 0.554. The largest absolute Gasteiger partial charge is 0.297 e. The summed E-state index contributed by atoms with van der Waals surface area (Å²) in [7, 11) is 0. The van der Waals surface area contributed by atoms with Crippen LogP contribution in [0.3, 0.4) is 0 Å². The molecule has 0 saturated heterocycles. The highest BCUT2D eigenvalue weighted by Crippen LogP contribution is 2.38. The maximum Gasteiger partial charge on any atom is 0.195 e. The normalized spacial score (nSPS) is 15.2. The monoisotopic (exact) mass is 245 g/mol. The second kappa shape index (κ2) is 3.81. The van der Waals surface area contributed by atoms with Gasteiger partial charge in [0.15, 0.2) is 10.6 Å². The molecule has 0 spiro atoms. The topological polar surface area (TPSA) is 33.6 Å². The summed E-state index contributed by atoms with van der Waals surface area (Å²) in [6.45, 7) is 4.25. The number of aromatic amines is 1. The van der Waals surface area contributed by atoms with Crippen LogP contribution in [0.4, 0.5) is 0 Å². The summed E-state index contributed by atoms with van der Waals surface area (Å²) in [4.78, 5) is 0. The van der Waals surface area contributed by atoms with E-state index in [9.17, 15) is 0 Å². The standard InChI is InChI=1S/C13H15N3S/c1-8-3-4-10(7-9(8)2)12-14-15-13(17)16(12)11-5-6-11/h3-4,7,11H,5-6H2,1-2H3,(H,15,17). The van der Waals surface area contributed by atoms with Crippen molar-refractivity contribution in [3.8, 4) is 11.4 Å². The number of hydrogen-bond acceptors (Lipinski definition) is 2. The van der Waals surface area contributed by atoms with Crippen molar-refractivity contribution in [3.63, 3.8) is 0 Å². The molecule has 2 aromatic rings. The smallest absolute Gasteiger partial charge is 0.195 e. The Bertz CT molecular complexity index is 620. The average Bonchev–Trinajstić information content (AvgIpc) is 3.06. The van der Waals surface area contributed by atoms with Gasteiger partial charge in [-0.3, -0.25) is 9.67 Å². The number of H-pyrrole nitrogens is 1. The van der Waals surface area contributed by atoms with Gasteiger partial charge in [-0.05, 0) is 56.1 Å². The van der Waals surface area contributed by atoms with Gasteiger partial charge >= 0.3 is 0 Å². The lowest BCUT2D eigenvalue weighted by atomic mass is 10.1. The molecule has 3 rings (SSSR count). The Balaban J connectivity index is 2.14. The molecular formula is C13H15N3S. The van der Waals surface area contributed by atoms with E-state index in [1.54, 1.807) is 0 Å². The van der Waals surface area contributed by atoms with Crippen molar-refractivity contribution in [1.29, 1.82) is 0 Å². The van der Waals surface area contributed by atoms with Crippen LogP contribution in [0, 0.1) is 18.6 Å². The minimum atomic E-state index is 0.554. The average molecular weight is 245 g/mol. The van der Waals surface area contributed by atoms with Gasteiger partial charge in [0.05, 0.1) is 0 Å². The van der Waals surface area contributed by atoms with Gasteiger partial charge in [-0.1, -0.05) is 12.1 Å². The van der Waals surface area contributed by atoms with Gasteiger partial charge in [-0.2, -0.15) is 5.10 Å². The van der Waals surface area contributed by atoms with Crippen LogP contribution in [0.1, 0.15) is 30.0 Å². The van der Waals surface area contributed by atoms with Gasteiger partial charge < -0.3 is 0 Å². The third-order valence-corrected chi connectivity index (χ3v) is 3.67. The van der Waals surface area contributed by atoms with Crippen molar-refractivity contribution < 1.29 is 0 Å². The number of nitrogens with one attached hydrogen (secondary N) is 1. The molecule has 0 bridgehead atoms. The molecule has 1 aliphatic carbocycles. The van der Waals surface area contributed by atoms with Gasteiger partial charge in [0.2, 0.25) is 0 Å². The molecular weight excluding hydrogens is 230 g/mol. The van der Waals surface area contributed by atoms with Crippen molar-refractivity contribution in [2.75, 3.05) is 0 Å². The molecule has 1 saturated carbocycles. The highest BCUT2D eigenvalue weighted by Gasteiger charge is 2.27. The molecule has 1 N–H and O–H groups in total. The summed E-state index contributed by atoms with van der Waals surface area (Å²) in [5.74, 6) is 0.973. The second-order valence-corrected chi connectivity index (χ2v) is 5.14. The van der Waals surface area contributed by atoms with Gasteiger partial charge in [-0.25, -0.2) is 0 Å². The lowest BCUT2D eigenvalue weighted by Gasteiger charge is -2.07. The summed E-state index contributed by atoms with van der Waals surface area (Å²) < 4.78 is 2.89. The first-order chi connectivity index (χ1) is 8.16. The Morgan fingerprint density at radius 1 is 1.29 bits per heavy atom. The van der Waals surface area contributed by atoms with Crippen LogP contribution in [0.25, 0.3) is 11.4 Å². The van der Waals surface area contributed by atoms with Gasteiger partial charge in [-0.15, -0.1) is 0 Å². The fourth-order valence-corrected chi connectivity index (χ4v) is 2.34. The molecule has 17 heavy (non-hydrogen) atoms. The molecule has 4 heteroatoms. The zero-order valence-corrected chi connectivity index (χ0v) is 10.8. The summed E-state index contributed by atoms with van der Waals surface area (Å²) >= 11 is 5.29. The first kappa shape index (κ1) is 10.7. The Morgan fingerprint density at radius 2 is 2.06 bits per heavy atom. The van der Waals surface area contributed by atoms with E-state index in [-0.39, 0.29) is 0 Å². The first-order valence-corrected chi connectivity index (χ1v) is 6.32. The zero-order valence-electron chi connectivity index (χ0n) is 10.0. The highest BCUT2D eigenvalue weighted by atomic mass is 32.1. The van der Waals surface area contributed by atoms with Crippen LogP contribution in [0.5, 0.6) is 0 Å². The van der Waals surface area contributed by atoms with Gasteiger partial charge in [0, 0.05) is 11.6 Å². The third kappa shape index (κ3) is 1.82. The van der Waals surface area contributed by atoms with Crippen molar-refractivity contribution in [3.05, 3.63) is 34.1 Å². The molecule has 0 amide bonds. The minimum Gasteiger partial charge on any atom is -0.297 e. The molecule has 1 fully saturated rings. The van der Waals surface area contributed by atoms with Crippen LogP contribution in [-0.4, -0.2) is 14.8 Å². The van der Waals surface area contributed by atoms with E-state index in [1.165, 1.54) is 24.0 Å². The summed E-state index contributed by atoms with van der Waals surface area (Å²) in [6.07, 6.45) is 2.43. The predicted octanol–water partition coefficient (Wildman–Crippen LogP) is 3.56. The number of nitrogens with zero attached hydrogens (tertiary/aromatic N) is 2. The van der Waals surface area contributed by atoms with Crippen LogP contribution < -0.4 is 0 Å². The molecule has 1 aromatic carbocycles. The number of aromatic nitrogens is 3. The van der Waals surface area contributed by atoms with Crippen LogP contribution in [0.2, 0.25) is 0 Å². The predicted molar refractivity (Wildman–Crippen MR) is 70.6 cm³/mol. The second-order valence-electron chi connectivity index (χ2n) is 4.75. The van der Waals surface area contributed by atoms with E-state index >= 15 is 0 Å². The van der Waals surface area contributed by atoms with Crippen molar-refractivity contribution in [1.82, 2.24) is 14.8 Å². The fraction of sp³-hybridized carbons (Fsp3) is 0.385. The van der Waals surface area contributed by atoms with Crippen molar-refractivity contribution in [2.45, 2.75) is 32.7 Å². The van der Waals surface area contributed by atoms with E-state index in [4.69, 9.17) is 12.2 Å². The SMILES string of the molecule is Cc1ccc(-c2n[nH]c(=S)n2C2CC2)cc1C. The fourth-order valence-electron chi connectivity index (χ4n) is 2.06. The number of hydrogen-bond donors (Lipinski definition) is 1. The van der Waals surface area contributed by atoms with E-state index in [1.807, 2.05) is 0 Å². The molecule has 1 heterocycles. The molecule has 88 valence electrons. The molecule has 3 nitrogen and oxygen atoms in total. The Morgan fingerprint density at radius 3 is 2.71 bits per heavy atom. The highest BCUT2D eigenvalue weighted by molar-refractivity contribution is 7.71. The Hall–Kier alpha value is -1.42. The molecule has 0 radical (unpaired) electrons. The quantitative estimate of drug-likeness (QED) is 0.821. The van der Waals surface area contributed by atoms with Gasteiger partial charge in [0.1, 0.15) is 0 Å². The zero-order chi connectivity index (χ0) is 12.0. The number of aryl methyl sites for hydroxylation is 2. The molecule has 1 aliphatic rings. The molecule has 0 unspecified atom stereocenters. The van der Waals surface area contributed by atoms with Gasteiger partial charge in [0.25, 0.3) is 0 Å². The molecule has 0 aliphatic heterocycles.